The fraction of sp³-hybridized carbons (Fsp3) is 0.0556. The minimum absolute atomic E-state index is 0.249. The lowest BCUT2D eigenvalue weighted by atomic mass is 10.1. The average Bonchev–Trinajstić information content (AvgIpc) is 2.93. The number of nitrogens with zero attached hydrogens (tertiary/aromatic N) is 4. The fourth-order valence-electron chi connectivity index (χ4n) is 2.63. The molecule has 0 radical (unpaired) electrons. The number of rotatable bonds is 3. The molecule has 0 fully saturated rings. The molecule has 23 heavy (non-hydrogen) atoms. The third-order valence-corrected chi connectivity index (χ3v) is 3.62. The van der Waals surface area contributed by atoms with Gasteiger partial charge < -0.3 is 0 Å². The Balaban J connectivity index is 1.89. The monoisotopic (exact) mass is 304 g/mol. The number of benzene rings is 1. The zero-order valence-electron chi connectivity index (χ0n) is 12.2. The van der Waals surface area contributed by atoms with E-state index in [-0.39, 0.29) is 5.82 Å². The molecule has 3 heterocycles. The van der Waals surface area contributed by atoms with Gasteiger partial charge in [0.25, 0.3) is 0 Å². The molecule has 0 aliphatic heterocycles. The summed E-state index contributed by atoms with van der Waals surface area (Å²) >= 11 is 0. The molecule has 0 unspecified atom stereocenters. The molecule has 0 bridgehead atoms. The van der Waals surface area contributed by atoms with E-state index in [0.717, 1.165) is 28.4 Å². The van der Waals surface area contributed by atoms with Crippen LogP contribution in [0.1, 0.15) is 11.4 Å². The lowest BCUT2D eigenvalue weighted by molar-refractivity contribution is 0.625. The van der Waals surface area contributed by atoms with E-state index >= 15 is 0 Å². The maximum Gasteiger partial charge on any atom is 0.165 e. The summed E-state index contributed by atoms with van der Waals surface area (Å²) in [5, 5.41) is 0. The van der Waals surface area contributed by atoms with Gasteiger partial charge in [-0.25, -0.2) is 19.3 Å². The van der Waals surface area contributed by atoms with Crippen LogP contribution in [0.3, 0.4) is 0 Å². The van der Waals surface area contributed by atoms with Crippen molar-refractivity contribution in [3.63, 3.8) is 0 Å². The number of pyridine rings is 2. The lowest BCUT2D eigenvalue weighted by Crippen LogP contribution is -2.04. The third kappa shape index (κ3) is 2.57. The van der Waals surface area contributed by atoms with E-state index in [1.807, 2.05) is 41.0 Å². The van der Waals surface area contributed by atoms with Gasteiger partial charge in [0.2, 0.25) is 0 Å². The predicted molar refractivity (Wildman–Crippen MR) is 85.9 cm³/mol. The first-order valence-corrected chi connectivity index (χ1v) is 7.29. The van der Waals surface area contributed by atoms with Crippen molar-refractivity contribution in [2.24, 2.45) is 0 Å². The number of halogens is 1. The standard InChI is InChI=1S/C18H13FN4/c19-14-6-3-5-13(11-14)12-17-22-15-7-4-10-21-18(15)23(17)16-8-1-2-9-20-16/h1-11H,12H2. The first-order valence-electron chi connectivity index (χ1n) is 7.29. The fourth-order valence-corrected chi connectivity index (χ4v) is 2.63. The Morgan fingerprint density at radius 2 is 1.83 bits per heavy atom. The maximum absolute atomic E-state index is 13.4. The van der Waals surface area contributed by atoms with Gasteiger partial charge in [-0.05, 0) is 42.0 Å². The highest BCUT2D eigenvalue weighted by Crippen LogP contribution is 2.20. The van der Waals surface area contributed by atoms with Crippen molar-refractivity contribution in [2.75, 3.05) is 0 Å². The van der Waals surface area contributed by atoms with Crippen molar-refractivity contribution in [1.29, 1.82) is 0 Å². The first-order chi connectivity index (χ1) is 11.3. The van der Waals surface area contributed by atoms with Gasteiger partial charge in [0, 0.05) is 18.8 Å². The summed E-state index contributed by atoms with van der Waals surface area (Å²) in [5.41, 5.74) is 2.40. The average molecular weight is 304 g/mol. The van der Waals surface area contributed by atoms with Crippen molar-refractivity contribution in [2.45, 2.75) is 6.42 Å². The molecule has 0 N–H and O–H groups in total. The van der Waals surface area contributed by atoms with Crippen LogP contribution in [0.25, 0.3) is 17.0 Å². The first kappa shape index (κ1) is 13.6. The van der Waals surface area contributed by atoms with Crippen molar-refractivity contribution < 1.29 is 4.39 Å². The molecule has 0 amide bonds. The van der Waals surface area contributed by atoms with Crippen LogP contribution in [-0.2, 0) is 6.42 Å². The van der Waals surface area contributed by atoms with E-state index in [1.165, 1.54) is 12.1 Å². The third-order valence-electron chi connectivity index (χ3n) is 3.62. The molecule has 3 aromatic heterocycles. The van der Waals surface area contributed by atoms with Crippen LogP contribution in [0.4, 0.5) is 4.39 Å². The summed E-state index contributed by atoms with van der Waals surface area (Å²) < 4.78 is 15.4. The van der Waals surface area contributed by atoms with E-state index in [4.69, 9.17) is 0 Å². The summed E-state index contributed by atoms with van der Waals surface area (Å²) in [4.78, 5) is 13.5. The van der Waals surface area contributed by atoms with Crippen LogP contribution < -0.4 is 0 Å². The van der Waals surface area contributed by atoms with Crippen LogP contribution in [0.15, 0.2) is 67.0 Å². The largest absolute Gasteiger partial charge is 0.264 e. The molecule has 4 nitrogen and oxygen atoms in total. The van der Waals surface area contributed by atoms with Gasteiger partial charge in [0.1, 0.15) is 23.0 Å². The van der Waals surface area contributed by atoms with Gasteiger partial charge in [-0.1, -0.05) is 18.2 Å². The predicted octanol–water partition coefficient (Wildman–Crippen LogP) is 3.55. The normalized spacial score (nSPS) is 11.0. The van der Waals surface area contributed by atoms with E-state index in [1.54, 1.807) is 18.5 Å². The highest BCUT2D eigenvalue weighted by Gasteiger charge is 2.14. The summed E-state index contributed by atoms with van der Waals surface area (Å²) in [6.07, 6.45) is 3.97. The molecule has 0 aliphatic rings. The second-order valence-electron chi connectivity index (χ2n) is 5.20. The minimum Gasteiger partial charge on any atom is -0.264 e. The van der Waals surface area contributed by atoms with Gasteiger partial charge in [-0.2, -0.15) is 0 Å². The van der Waals surface area contributed by atoms with Crippen molar-refractivity contribution >= 4 is 11.2 Å². The second kappa shape index (κ2) is 5.61. The molecule has 0 spiro atoms. The minimum atomic E-state index is -0.249. The molecule has 4 aromatic rings. The maximum atomic E-state index is 13.4. The van der Waals surface area contributed by atoms with Crippen LogP contribution in [0.5, 0.6) is 0 Å². The zero-order valence-corrected chi connectivity index (χ0v) is 12.2. The van der Waals surface area contributed by atoms with Crippen molar-refractivity contribution in [3.8, 4) is 5.82 Å². The van der Waals surface area contributed by atoms with Gasteiger partial charge in [-0.3, -0.25) is 4.57 Å². The molecule has 0 aliphatic carbocycles. The Labute approximate surface area is 132 Å². The summed E-state index contributed by atoms with van der Waals surface area (Å²) in [6, 6.07) is 16.0. The van der Waals surface area contributed by atoms with Gasteiger partial charge in [0.15, 0.2) is 5.65 Å². The van der Waals surface area contributed by atoms with Crippen molar-refractivity contribution in [3.05, 3.63) is 84.2 Å². The van der Waals surface area contributed by atoms with E-state index in [9.17, 15) is 4.39 Å². The Kier molecular flexibility index (Phi) is 3.31. The van der Waals surface area contributed by atoms with E-state index in [2.05, 4.69) is 15.0 Å². The molecular formula is C18H13FN4. The van der Waals surface area contributed by atoms with Crippen LogP contribution in [-0.4, -0.2) is 19.5 Å². The molecule has 1 aromatic carbocycles. The van der Waals surface area contributed by atoms with Crippen LogP contribution >= 0.6 is 0 Å². The highest BCUT2D eigenvalue weighted by atomic mass is 19.1. The summed E-state index contributed by atoms with van der Waals surface area (Å²) in [6.45, 7) is 0. The number of fused-ring (bicyclic) bond motifs is 1. The van der Waals surface area contributed by atoms with Crippen LogP contribution in [0.2, 0.25) is 0 Å². The topological polar surface area (TPSA) is 43.6 Å². The highest BCUT2D eigenvalue weighted by molar-refractivity contribution is 5.73. The van der Waals surface area contributed by atoms with Gasteiger partial charge >= 0.3 is 0 Å². The molecule has 112 valence electrons. The smallest absolute Gasteiger partial charge is 0.165 e. The Hall–Kier alpha value is -3.08. The number of aromatic nitrogens is 4. The summed E-state index contributed by atoms with van der Waals surface area (Å²) in [5.74, 6) is 1.28. The second-order valence-corrected chi connectivity index (χ2v) is 5.20. The molecule has 0 saturated heterocycles. The molecule has 4 rings (SSSR count). The molecule has 5 heteroatoms. The molecule has 0 saturated carbocycles. The number of imidazole rings is 1. The quantitative estimate of drug-likeness (QED) is 0.581. The van der Waals surface area contributed by atoms with Gasteiger partial charge in [0.05, 0.1) is 0 Å². The SMILES string of the molecule is Fc1cccc(Cc2nc3cccnc3n2-c2ccccn2)c1. The number of hydrogen-bond acceptors (Lipinski definition) is 3. The van der Waals surface area contributed by atoms with E-state index < -0.39 is 0 Å². The van der Waals surface area contributed by atoms with Crippen molar-refractivity contribution in [1.82, 2.24) is 19.5 Å². The Morgan fingerprint density at radius 1 is 0.913 bits per heavy atom. The zero-order chi connectivity index (χ0) is 15.6. The molecular weight excluding hydrogens is 291 g/mol. The van der Waals surface area contributed by atoms with E-state index in [0.29, 0.717) is 6.42 Å². The molecule has 0 atom stereocenters. The van der Waals surface area contributed by atoms with Gasteiger partial charge in [-0.15, -0.1) is 0 Å². The summed E-state index contributed by atoms with van der Waals surface area (Å²) in [7, 11) is 0. The lowest BCUT2D eigenvalue weighted by Gasteiger charge is -2.07. The Morgan fingerprint density at radius 3 is 2.65 bits per heavy atom. The number of hydrogen-bond donors (Lipinski definition) is 0. The Bertz CT molecular complexity index is 963. The van der Waals surface area contributed by atoms with Crippen LogP contribution in [0, 0.1) is 5.82 Å².